The largest absolute Gasteiger partial charge is 0.492 e. The summed E-state index contributed by atoms with van der Waals surface area (Å²) in [4.78, 5) is 20.8. The smallest absolute Gasteiger partial charge is 0.278 e. The van der Waals surface area contributed by atoms with E-state index in [2.05, 4.69) is 15.2 Å². The molecule has 1 aliphatic carbocycles. The van der Waals surface area contributed by atoms with Crippen molar-refractivity contribution in [2.24, 2.45) is 5.92 Å². The van der Waals surface area contributed by atoms with E-state index in [0.717, 1.165) is 93.4 Å². The second-order valence-corrected chi connectivity index (χ2v) is 11.2. The lowest BCUT2D eigenvalue weighted by Gasteiger charge is -2.32. The van der Waals surface area contributed by atoms with Gasteiger partial charge in [-0.25, -0.2) is 13.8 Å². The lowest BCUT2D eigenvalue weighted by atomic mass is 9.84. The molecule has 1 aromatic heterocycles. The Morgan fingerprint density at radius 3 is 2.91 bits per heavy atom. The van der Waals surface area contributed by atoms with Gasteiger partial charge in [0.05, 0.1) is 17.9 Å². The number of fused-ring (bicyclic) bond motifs is 2. The van der Waals surface area contributed by atoms with Gasteiger partial charge in [-0.3, -0.25) is 9.69 Å². The molecule has 1 saturated carbocycles. The number of thiazole rings is 1. The van der Waals surface area contributed by atoms with Gasteiger partial charge >= 0.3 is 0 Å². The average Bonchev–Trinajstić information content (AvgIpc) is 3.48. The first-order valence-electron chi connectivity index (χ1n) is 12.6. The highest BCUT2D eigenvalue weighted by atomic mass is 32.1. The number of hydrogen-bond acceptors (Lipinski definition) is 6. The van der Waals surface area contributed by atoms with Crippen LogP contribution in [0, 0.1) is 5.92 Å². The van der Waals surface area contributed by atoms with E-state index >= 15 is 0 Å². The van der Waals surface area contributed by atoms with Crippen LogP contribution in [-0.4, -0.2) is 54.1 Å². The molecule has 0 saturated heterocycles. The Kier molecular flexibility index (Phi) is 7.25. The molecule has 3 aliphatic rings. The third kappa shape index (κ3) is 6.12. The third-order valence-corrected chi connectivity index (χ3v) is 8.30. The van der Waals surface area contributed by atoms with Crippen molar-refractivity contribution in [2.75, 3.05) is 26.3 Å². The van der Waals surface area contributed by atoms with Crippen molar-refractivity contribution in [1.82, 2.24) is 15.2 Å². The zero-order valence-corrected chi connectivity index (χ0v) is 21.0. The highest BCUT2D eigenvalue weighted by Crippen LogP contribution is 2.33. The van der Waals surface area contributed by atoms with Crippen LogP contribution >= 0.6 is 11.3 Å². The fourth-order valence-corrected chi connectivity index (χ4v) is 6.19. The first-order valence-corrected chi connectivity index (χ1v) is 13.4. The number of nitrogens with zero attached hydrogens (tertiary/aromatic N) is 2. The van der Waals surface area contributed by atoms with Crippen molar-refractivity contribution >= 4 is 17.2 Å². The van der Waals surface area contributed by atoms with E-state index in [1.807, 2.05) is 18.2 Å². The summed E-state index contributed by atoms with van der Waals surface area (Å²) >= 11 is 1.40. The van der Waals surface area contributed by atoms with Crippen LogP contribution < -0.4 is 14.8 Å². The summed E-state index contributed by atoms with van der Waals surface area (Å²) < 4.78 is 37.0. The van der Waals surface area contributed by atoms with E-state index in [4.69, 9.17) is 9.47 Å². The monoisotopic (exact) mass is 505 g/mol. The fraction of sp³-hybridized carbons (Fsp3) is 0.615. The summed E-state index contributed by atoms with van der Waals surface area (Å²) in [7, 11) is 0. The molecule has 1 amide bonds. The predicted molar refractivity (Wildman–Crippen MR) is 131 cm³/mol. The number of carbonyl (C=O) groups excluding carboxylic acids is 1. The normalized spacial score (nSPS) is 22.3. The number of alkyl halides is 2. The van der Waals surface area contributed by atoms with E-state index in [1.54, 1.807) is 0 Å². The third-order valence-electron chi connectivity index (χ3n) is 7.23. The number of rotatable bonds is 8. The molecule has 35 heavy (non-hydrogen) atoms. The number of nitrogens with one attached hydrogen (secondary N) is 1. The Balaban J connectivity index is 1.04. The lowest BCUT2D eigenvalue weighted by Crippen LogP contribution is -2.38. The maximum Gasteiger partial charge on any atom is 0.278 e. The number of aromatic nitrogens is 1. The fourth-order valence-electron chi connectivity index (χ4n) is 5.29. The minimum Gasteiger partial charge on any atom is -0.492 e. The second kappa shape index (κ2) is 10.4. The van der Waals surface area contributed by atoms with Gasteiger partial charge in [0.25, 0.3) is 17.0 Å². The second-order valence-electron chi connectivity index (χ2n) is 10.1. The number of para-hydroxylation sites is 1. The van der Waals surface area contributed by atoms with Gasteiger partial charge in [-0.05, 0) is 62.6 Å². The molecule has 9 heteroatoms. The summed E-state index contributed by atoms with van der Waals surface area (Å²) in [5.74, 6) is -1.46. The topological polar surface area (TPSA) is 63.7 Å². The Hall–Kier alpha value is -2.26. The summed E-state index contributed by atoms with van der Waals surface area (Å²) in [5.41, 5.74) is 2.75. The number of carbonyl (C=O) groups is 1. The Morgan fingerprint density at radius 2 is 2.11 bits per heavy atom. The number of benzene rings is 1. The number of amides is 1. The molecule has 2 aromatic rings. The molecule has 0 spiro atoms. The van der Waals surface area contributed by atoms with Crippen molar-refractivity contribution < 1.29 is 23.0 Å². The van der Waals surface area contributed by atoms with Crippen LogP contribution in [0.3, 0.4) is 0 Å². The van der Waals surface area contributed by atoms with Gasteiger partial charge in [0.2, 0.25) is 0 Å². The van der Waals surface area contributed by atoms with Crippen LogP contribution in [0.4, 0.5) is 8.78 Å². The maximum absolute atomic E-state index is 13.1. The van der Waals surface area contributed by atoms with Gasteiger partial charge in [-0.1, -0.05) is 23.5 Å². The summed E-state index contributed by atoms with van der Waals surface area (Å²) in [6, 6.07) is 6.04. The average molecular weight is 506 g/mol. The maximum atomic E-state index is 13.1. The van der Waals surface area contributed by atoms with E-state index < -0.39 is 12.5 Å². The van der Waals surface area contributed by atoms with E-state index in [9.17, 15) is 13.6 Å². The Morgan fingerprint density at radius 1 is 1.29 bits per heavy atom. The molecule has 190 valence electrons. The van der Waals surface area contributed by atoms with Gasteiger partial charge in [-0.2, -0.15) is 0 Å². The molecule has 1 aromatic carbocycles. The highest BCUT2D eigenvalue weighted by Gasteiger charge is 2.28. The van der Waals surface area contributed by atoms with Crippen LogP contribution in [0.5, 0.6) is 10.9 Å². The molecule has 2 aliphatic heterocycles. The molecule has 0 unspecified atom stereocenters. The van der Waals surface area contributed by atoms with Gasteiger partial charge in [0.1, 0.15) is 5.75 Å². The molecule has 0 atom stereocenters. The van der Waals surface area contributed by atoms with Crippen LogP contribution in [-0.2, 0) is 19.4 Å². The van der Waals surface area contributed by atoms with E-state index in [0.29, 0.717) is 23.3 Å². The quantitative estimate of drug-likeness (QED) is 0.556. The zero-order chi connectivity index (χ0) is 24.4. The van der Waals surface area contributed by atoms with Gasteiger partial charge in [0, 0.05) is 37.4 Å². The standard InChI is InChI=1S/C26H33F2N3O3S/c1-26(27,28)16-34-25-30-21-15-31(13-10-22(21)35-25)12-9-17-5-7-19(8-6-17)29-24(32)20-4-2-3-18-11-14-33-23(18)20/h2-4,17,19H,5-16H2,1H3,(H,29,32). The molecule has 1 N–H and O–H groups in total. The summed E-state index contributed by atoms with van der Waals surface area (Å²) in [6.07, 6.45) is 7.14. The van der Waals surface area contributed by atoms with Gasteiger partial charge in [0.15, 0.2) is 6.61 Å². The van der Waals surface area contributed by atoms with Crippen molar-refractivity contribution in [2.45, 2.75) is 70.4 Å². The molecular formula is C26H33F2N3O3S. The van der Waals surface area contributed by atoms with Crippen molar-refractivity contribution in [3.8, 4) is 10.9 Å². The number of hydrogen-bond donors (Lipinski definition) is 1. The molecule has 0 bridgehead atoms. The van der Waals surface area contributed by atoms with Crippen molar-refractivity contribution in [3.63, 3.8) is 0 Å². The molecule has 5 rings (SSSR count). The molecule has 6 nitrogen and oxygen atoms in total. The van der Waals surface area contributed by atoms with E-state index in [1.165, 1.54) is 11.3 Å². The first-order chi connectivity index (χ1) is 16.8. The SMILES string of the molecule is CC(F)(F)COc1nc2c(s1)CCN(CCC1CCC(NC(=O)c3cccc4c3OCC4)CC1)C2. The van der Waals surface area contributed by atoms with Crippen LogP contribution in [0.1, 0.15) is 65.5 Å². The van der Waals surface area contributed by atoms with Crippen LogP contribution in [0.15, 0.2) is 18.2 Å². The highest BCUT2D eigenvalue weighted by molar-refractivity contribution is 7.13. The zero-order valence-electron chi connectivity index (χ0n) is 20.2. The minimum atomic E-state index is -2.85. The van der Waals surface area contributed by atoms with Crippen molar-refractivity contribution in [1.29, 1.82) is 0 Å². The van der Waals surface area contributed by atoms with Crippen LogP contribution in [0.2, 0.25) is 0 Å². The number of ether oxygens (including phenoxy) is 2. The number of halogens is 2. The minimum absolute atomic E-state index is 0.0226. The van der Waals surface area contributed by atoms with Crippen molar-refractivity contribution in [3.05, 3.63) is 39.9 Å². The summed E-state index contributed by atoms with van der Waals surface area (Å²) in [6.45, 7) is 3.61. The van der Waals surface area contributed by atoms with Gasteiger partial charge < -0.3 is 14.8 Å². The lowest BCUT2D eigenvalue weighted by molar-refractivity contribution is -0.0230. The Bertz CT molecular complexity index is 1050. The molecule has 1 fully saturated rings. The molecule has 3 heterocycles. The Labute approximate surface area is 209 Å². The molecule has 0 radical (unpaired) electrons. The summed E-state index contributed by atoms with van der Waals surface area (Å²) in [5, 5.41) is 3.58. The van der Waals surface area contributed by atoms with Gasteiger partial charge in [-0.15, -0.1) is 0 Å². The first kappa shape index (κ1) is 24.4. The predicted octanol–water partition coefficient (Wildman–Crippen LogP) is 4.85. The van der Waals surface area contributed by atoms with Crippen LogP contribution in [0.25, 0.3) is 0 Å². The molecular weight excluding hydrogens is 472 g/mol. The van der Waals surface area contributed by atoms with E-state index in [-0.39, 0.29) is 11.9 Å².